The van der Waals surface area contributed by atoms with Gasteiger partial charge < -0.3 is 15.3 Å². The lowest BCUT2D eigenvalue weighted by Crippen LogP contribution is -2.46. The van der Waals surface area contributed by atoms with E-state index in [0.717, 1.165) is 30.5 Å². The largest absolute Gasteiger partial charge is 0.476 e. The zero-order valence-electron chi connectivity index (χ0n) is 14.8. The summed E-state index contributed by atoms with van der Waals surface area (Å²) in [6, 6.07) is 7.93. The van der Waals surface area contributed by atoms with Crippen LogP contribution in [0.1, 0.15) is 34.5 Å². The Balaban J connectivity index is 1.53. The number of nitrogens with one attached hydrogen (secondary N) is 1. The summed E-state index contributed by atoms with van der Waals surface area (Å²) in [4.78, 5) is 25.2. The number of hydrogen-bond donors (Lipinski definition) is 2. The van der Waals surface area contributed by atoms with Crippen LogP contribution in [0.5, 0.6) is 0 Å². The van der Waals surface area contributed by atoms with Crippen molar-refractivity contribution in [2.75, 3.05) is 13.1 Å². The summed E-state index contributed by atoms with van der Waals surface area (Å²) in [6.07, 6.45) is 3.33. The Bertz CT molecular complexity index is 789. The summed E-state index contributed by atoms with van der Waals surface area (Å²) in [5.74, 6) is -0.853. The number of aryl methyl sites for hydroxylation is 1. The van der Waals surface area contributed by atoms with E-state index in [1.807, 2.05) is 36.1 Å². The first kappa shape index (κ1) is 17.9. The standard InChI is InChI=1S/C18H23N5O3/c1-13-5-2-3-7-15(13)9-19-18(26)22-8-4-6-14(10-22)11-23-12-16(17(24)25)20-21-23/h2-3,5,7,12,14H,4,6,8-11H2,1H3,(H,19,26)(H,24,25). The fourth-order valence-corrected chi connectivity index (χ4v) is 3.24. The predicted octanol–water partition coefficient (Wildman–Crippen LogP) is 1.91. The Morgan fingerprint density at radius 1 is 1.35 bits per heavy atom. The van der Waals surface area contributed by atoms with Gasteiger partial charge in [-0.3, -0.25) is 4.68 Å². The van der Waals surface area contributed by atoms with E-state index in [1.54, 1.807) is 4.68 Å². The quantitative estimate of drug-likeness (QED) is 0.851. The molecular formula is C18H23N5O3. The third-order valence-corrected chi connectivity index (χ3v) is 4.70. The number of benzene rings is 1. The van der Waals surface area contributed by atoms with Gasteiger partial charge in [-0.25, -0.2) is 9.59 Å². The summed E-state index contributed by atoms with van der Waals surface area (Å²) >= 11 is 0. The molecule has 1 saturated heterocycles. The number of aromatic carboxylic acids is 1. The van der Waals surface area contributed by atoms with E-state index in [-0.39, 0.29) is 17.6 Å². The first-order chi connectivity index (χ1) is 12.5. The predicted molar refractivity (Wildman–Crippen MR) is 94.7 cm³/mol. The molecule has 1 unspecified atom stereocenters. The molecule has 2 aromatic rings. The number of urea groups is 1. The monoisotopic (exact) mass is 357 g/mol. The summed E-state index contributed by atoms with van der Waals surface area (Å²) in [5, 5.41) is 19.4. The maximum atomic E-state index is 12.5. The third-order valence-electron chi connectivity index (χ3n) is 4.70. The fraction of sp³-hybridized carbons (Fsp3) is 0.444. The van der Waals surface area contributed by atoms with Crippen molar-refractivity contribution in [2.24, 2.45) is 5.92 Å². The number of hydrogen-bond acceptors (Lipinski definition) is 4. The first-order valence-electron chi connectivity index (χ1n) is 8.73. The van der Waals surface area contributed by atoms with Gasteiger partial charge in [0.2, 0.25) is 0 Å². The average molecular weight is 357 g/mol. The lowest BCUT2D eigenvalue weighted by Gasteiger charge is -2.32. The van der Waals surface area contributed by atoms with E-state index in [4.69, 9.17) is 5.11 Å². The van der Waals surface area contributed by atoms with E-state index in [2.05, 4.69) is 15.6 Å². The second kappa shape index (κ2) is 7.99. The Hall–Kier alpha value is -2.90. The minimum absolute atomic E-state index is 0.0614. The first-order valence-corrected chi connectivity index (χ1v) is 8.73. The molecule has 1 fully saturated rings. The molecule has 0 saturated carbocycles. The van der Waals surface area contributed by atoms with Crippen LogP contribution in [-0.2, 0) is 13.1 Å². The van der Waals surface area contributed by atoms with E-state index in [1.165, 1.54) is 6.20 Å². The van der Waals surface area contributed by atoms with Crippen LogP contribution in [0, 0.1) is 12.8 Å². The minimum atomic E-state index is -1.09. The van der Waals surface area contributed by atoms with Crippen LogP contribution in [0.4, 0.5) is 4.79 Å². The molecule has 1 aliphatic rings. The van der Waals surface area contributed by atoms with Crippen LogP contribution in [0.2, 0.25) is 0 Å². The molecule has 2 N–H and O–H groups in total. The Morgan fingerprint density at radius 3 is 2.88 bits per heavy atom. The van der Waals surface area contributed by atoms with Crippen molar-refractivity contribution < 1.29 is 14.7 Å². The van der Waals surface area contributed by atoms with Gasteiger partial charge in [0, 0.05) is 26.2 Å². The van der Waals surface area contributed by atoms with Crippen molar-refractivity contribution in [3.8, 4) is 0 Å². The summed E-state index contributed by atoms with van der Waals surface area (Å²) in [5.41, 5.74) is 2.21. The van der Waals surface area contributed by atoms with Crippen LogP contribution in [0.3, 0.4) is 0 Å². The number of piperidine rings is 1. The number of aromatic nitrogens is 3. The van der Waals surface area contributed by atoms with Gasteiger partial charge in [0.05, 0.1) is 6.20 Å². The molecule has 2 amide bonds. The van der Waals surface area contributed by atoms with E-state index in [0.29, 0.717) is 19.6 Å². The highest BCUT2D eigenvalue weighted by atomic mass is 16.4. The van der Waals surface area contributed by atoms with E-state index in [9.17, 15) is 9.59 Å². The van der Waals surface area contributed by atoms with Gasteiger partial charge in [0.1, 0.15) is 0 Å². The van der Waals surface area contributed by atoms with Crippen LogP contribution < -0.4 is 5.32 Å². The van der Waals surface area contributed by atoms with Crippen molar-refractivity contribution in [1.82, 2.24) is 25.2 Å². The lowest BCUT2D eigenvalue weighted by molar-refractivity contribution is 0.0690. The number of amides is 2. The molecule has 3 rings (SSSR count). The second-order valence-electron chi connectivity index (χ2n) is 6.67. The maximum Gasteiger partial charge on any atom is 0.358 e. The molecule has 26 heavy (non-hydrogen) atoms. The van der Waals surface area contributed by atoms with Crippen LogP contribution >= 0.6 is 0 Å². The smallest absolute Gasteiger partial charge is 0.358 e. The molecule has 0 radical (unpaired) electrons. The molecule has 1 aromatic heterocycles. The van der Waals surface area contributed by atoms with Crippen molar-refractivity contribution in [2.45, 2.75) is 32.9 Å². The lowest BCUT2D eigenvalue weighted by atomic mass is 9.98. The van der Waals surface area contributed by atoms with Crippen molar-refractivity contribution in [1.29, 1.82) is 0 Å². The molecule has 8 nitrogen and oxygen atoms in total. The van der Waals surface area contributed by atoms with Gasteiger partial charge in [0.15, 0.2) is 5.69 Å². The highest BCUT2D eigenvalue weighted by Crippen LogP contribution is 2.18. The highest BCUT2D eigenvalue weighted by molar-refractivity contribution is 5.84. The van der Waals surface area contributed by atoms with Gasteiger partial charge in [-0.2, -0.15) is 0 Å². The average Bonchev–Trinajstić information content (AvgIpc) is 3.10. The third kappa shape index (κ3) is 4.38. The molecular weight excluding hydrogens is 334 g/mol. The fourth-order valence-electron chi connectivity index (χ4n) is 3.24. The molecule has 0 spiro atoms. The number of likely N-dealkylation sites (tertiary alicyclic amines) is 1. The summed E-state index contributed by atoms with van der Waals surface area (Å²) in [6.45, 7) is 4.46. The SMILES string of the molecule is Cc1ccccc1CNC(=O)N1CCCC(Cn2cc(C(=O)O)nn2)C1. The maximum absolute atomic E-state index is 12.5. The number of carbonyl (C=O) groups excluding carboxylic acids is 1. The second-order valence-corrected chi connectivity index (χ2v) is 6.67. The minimum Gasteiger partial charge on any atom is -0.476 e. The molecule has 1 atom stereocenters. The molecule has 1 aliphatic heterocycles. The van der Waals surface area contributed by atoms with Gasteiger partial charge in [-0.05, 0) is 36.8 Å². The number of carbonyl (C=O) groups is 2. The van der Waals surface area contributed by atoms with E-state index >= 15 is 0 Å². The molecule has 0 bridgehead atoms. The number of nitrogens with zero attached hydrogens (tertiary/aromatic N) is 4. The summed E-state index contributed by atoms with van der Waals surface area (Å²) in [7, 11) is 0. The molecule has 8 heteroatoms. The molecule has 138 valence electrons. The molecule has 1 aromatic carbocycles. The van der Waals surface area contributed by atoms with Crippen LogP contribution in [0.25, 0.3) is 0 Å². The van der Waals surface area contributed by atoms with Crippen molar-refractivity contribution in [3.05, 3.63) is 47.3 Å². The molecule has 0 aliphatic carbocycles. The Labute approximate surface area is 151 Å². The van der Waals surface area contributed by atoms with Gasteiger partial charge in [-0.1, -0.05) is 29.5 Å². The van der Waals surface area contributed by atoms with Crippen molar-refractivity contribution in [3.63, 3.8) is 0 Å². The zero-order chi connectivity index (χ0) is 18.5. The Morgan fingerprint density at radius 2 is 2.15 bits per heavy atom. The van der Waals surface area contributed by atoms with Crippen molar-refractivity contribution >= 4 is 12.0 Å². The van der Waals surface area contributed by atoms with Crippen LogP contribution in [-0.4, -0.2) is 50.1 Å². The summed E-state index contributed by atoms with van der Waals surface area (Å²) < 4.78 is 1.54. The van der Waals surface area contributed by atoms with Gasteiger partial charge in [-0.15, -0.1) is 5.10 Å². The number of rotatable bonds is 5. The van der Waals surface area contributed by atoms with Crippen LogP contribution in [0.15, 0.2) is 30.5 Å². The Kier molecular flexibility index (Phi) is 5.50. The van der Waals surface area contributed by atoms with Gasteiger partial charge in [0.25, 0.3) is 0 Å². The zero-order valence-corrected chi connectivity index (χ0v) is 14.8. The number of carboxylic acids is 1. The van der Waals surface area contributed by atoms with Gasteiger partial charge >= 0.3 is 12.0 Å². The topological polar surface area (TPSA) is 100 Å². The highest BCUT2D eigenvalue weighted by Gasteiger charge is 2.24. The van der Waals surface area contributed by atoms with E-state index < -0.39 is 5.97 Å². The normalized spacial score (nSPS) is 17.1. The molecule has 2 heterocycles. The number of carboxylic acid groups (broad SMARTS) is 1.